The van der Waals surface area contributed by atoms with E-state index in [1.807, 2.05) is 0 Å². The minimum absolute atomic E-state index is 0.0724. The van der Waals surface area contributed by atoms with Gasteiger partial charge in [0, 0.05) is 18.7 Å². The van der Waals surface area contributed by atoms with Gasteiger partial charge >= 0.3 is 21.5 Å². The fourth-order valence-corrected chi connectivity index (χ4v) is 4.18. The van der Waals surface area contributed by atoms with Crippen LogP contribution in [0, 0.1) is 26.2 Å². The van der Waals surface area contributed by atoms with Gasteiger partial charge in [0.15, 0.2) is 0 Å². The van der Waals surface area contributed by atoms with Crippen molar-refractivity contribution in [3.8, 4) is 0 Å². The molecule has 2 rings (SSSR count). The van der Waals surface area contributed by atoms with Crippen LogP contribution in [-0.4, -0.2) is 43.8 Å². The number of amides is 1. The Morgan fingerprint density at radius 2 is 1.58 bits per heavy atom. The molecule has 0 saturated carbocycles. The molecule has 7 nitrogen and oxygen atoms in total. The molecule has 1 aliphatic rings. The van der Waals surface area contributed by atoms with Gasteiger partial charge in [0.2, 0.25) is 0 Å². The van der Waals surface area contributed by atoms with Gasteiger partial charge in [-0.3, -0.25) is 4.79 Å². The molecule has 0 aliphatic carbocycles. The van der Waals surface area contributed by atoms with Crippen LogP contribution >= 0.6 is 0 Å². The van der Waals surface area contributed by atoms with Gasteiger partial charge in [0.25, 0.3) is 5.91 Å². The summed E-state index contributed by atoms with van der Waals surface area (Å²) in [6.45, 7) is 10.2. The Bertz CT molecular complexity index is 1030. The fraction of sp³-hybridized carbons (Fsp3) is 0.636. The Hall–Kier alpha value is -2.30. The Morgan fingerprint density at radius 1 is 1.03 bits per heavy atom. The second kappa shape index (κ2) is 9.52. The van der Waals surface area contributed by atoms with Crippen molar-refractivity contribution in [1.82, 2.24) is 4.90 Å². The number of benzene rings is 1. The van der Waals surface area contributed by atoms with Crippen molar-refractivity contribution in [3.05, 3.63) is 28.3 Å². The van der Waals surface area contributed by atoms with E-state index in [-0.39, 0.29) is 22.0 Å². The zero-order valence-electron chi connectivity index (χ0n) is 19.8. The van der Waals surface area contributed by atoms with Crippen LogP contribution in [0.25, 0.3) is 0 Å². The third kappa shape index (κ3) is 5.28. The normalized spacial score (nSPS) is 15.4. The SMILES string of the molecule is CCC(C)(C)C(=O)ON(c1cc(C(=O)N2CCCCC2)c(C)c(C)c1C)S(=O)(=O)C(F)(F)F. The number of carbonyl (C=O) groups excluding carboxylic acids is 2. The fourth-order valence-electron chi connectivity index (χ4n) is 3.37. The first kappa shape index (κ1) is 26.9. The number of alkyl halides is 3. The number of halogens is 3. The summed E-state index contributed by atoms with van der Waals surface area (Å²) in [5, 5.41) is 0. The summed E-state index contributed by atoms with van der Waals surface area (Å²) in [6.07, 6.45) is 2.79. The van der Waals surface area contributed by atoms with Gasteiger partial charge in [0.1, 0.15) is 0 Å². The highest BCUT2D eigenvalue weighted by atomic mass is 32.2. The second-order valence-corrected chi connectivity index (χ2v) is 10.7. The average Bonchev–Trinajstić information content (AvgIpc) is 2.75. The molecule has 186 valence electrons. The van der Waals surface area contributed by atoms with Gasteiger partial charge in [-0.15, -0.1) is 0 Å². The maximum absolute atomic E-state index is 13.6. The van der Waals surface area contributed by atoms with Gasteiger partial charge in [-0.1, -0.05) is 11.4 Å². The molecule has 1 saturated heterocycles. The van der Waals surface area contributed by atoms with Crippen molar-refractivity contribution in [2.75, 3.05) is 17.6 Å². The molecule has 1 amide bonds. The van der Waals surface area contributed by atoms with Crippen molar-refractivity contribution in [2.45, 2.75) is 72.7 Å². The summed E-state index contributed by atoms with van der Waals surface area (Å²) in [7, 11) is -6.11. The van der Waals surface area contributed by atoms with Gasteiger partial charge in [-0.2, -0.15) is 21.6 Å². The van der Waals surface area contributed by atoms with E-state index in [0.717, 1.165) is 25.3 Å². The molecule has 1 fully saturated rings. The third-order valence-corrected chi connectivity index (χ3v) is 7.67. The van der Waals surface area contributed by atoms with Crippen molar-refractivity contribution in [3.63, 3.8) is 0 Å². The molecule has 1 heterocycles. The lowest BCUT2D eigenvalue weighted by atomic mass is 9.91. The van der Waals surface area contributed by atoms with Crippen LogP contribution in [0.4, 0.5) is 18.9 Å². The summed E-state index contributed by atoms with van der Waals surface area (Å²) in [5.41, 5.74) is -6.31. The van der Waals surface area contributed by atoms with Crippen LogP contribution in [0.15, 0.2) is 6.07 Å². The van der Waals surface area contributed by atoms with Gasteiger partial charge in [0.05, 0.1) is 11.1 Å². The monoisotopic (exact) mass is 492 g/mol. The number of nitrogens with zero attached hydrogens (tertiary/aromatic N) is 2. The number of hydrogen-bond donors (Lipinski definition) is 0. The van der Waals surface area contributed by atoms with Crippen LogP contribution < -0.4 is 4.47 Å². The van der Waals surface area contributed by atoms with Crippen LogP contribution in [0.5, 0.6) is 0 Å². The standard InChI is InChI=1S/C22H31F3N2O5S/c1-7-21(5,6)20(29)32-27(33(30,31)22(23,24)25)18-13-17(15(3)14(2)16(18)4)19(28)26-11-9-8-10-12-26/h13H,7-12H2,1-6H3. The largest absolute Gasteiger partial charge is 0.519 e. The number of carbonyl (C=O) groups is 2. The molecule has 1 aromatic carbocycles. The first-order chi connectivity index (χ1) is 15.1. The van der Waals surface area contributed by atoms with E-state index in [0.29, 0.717) is 24.2 Å². The summed E-state index contributed by atoms with van der Waals surface area (Å²) < 4.78 is 65.2. The molecule has 0 N–H and O–H groups in total. The molecule has 0 radical (unpaired) electrons. The molecular weight excluding hydrogens is 461 g/mol. The average molecular weight is 493 g/mol. The molecule has 0 atom stereocenters. The van der Waals surface area contributed by atoms with E-state index in [9.17, 15) is 31.2 Å². The second-order valence-electron chi connectivity index (χ2n) is 8.97. The Kier molecular flexibility index (Phi) is 7.77. The Balaban J connectivity index is 2.71. The van der Waals surface area contributed by atoms with E-state index in [1.54, 1.807) is 25.7 Å². The highest BCUT2D eigenvalue weighted by Gasteiger charge is 2.53. The molecule has 0 aromatic heterocycles. The number of piperidine rings is 1. The third-order valence-electron chi connectivity index (χ3n) is 6.38. The molecule has 1 aliphatic heterocycles. The predicted molar refractivity (Wildman–Crippen MR) is 118 cm³/mol. The van der Waals surface area contributed by atoms with E-state index < -0.39 is 38.5 Å². The molecule has 1 aromatic rings. The first-order valence-corrected chi connectivity index (χ1v) is 12.2. The zero-order valence-corrected chi connectivity index (χ0v) is 20.6. The maximum Gasteiger partial charge on any atom is 0.519 e. The van der Waals surface area contributed by atoms with Crippen molar-refractivity contribution in [1.29, 1.82) is 0 Å². The quantitative estimate of drug-likeness (QED) is 0.533. The summed E-state index contributed by atoms with van der Waals surface area (Å²) in [4.78, 5) is 32.3. The summed E-state index contributed by atoms with van der Waals surface area (Å²) >= 11 is 0. The van der Waals surface area contributed by atoms with Gasteiger partial charge in [-0.25, -0.2) is 4.79 Å². The van der Waals surface area contributed by atoms with E-state index in [2.05, 4.69) is 0 Å². The minimum Gasteiger partial charge on any atom is -0.339 e. The first-order valence-electron chi connectivity index (χ1n) is 10.8. The lowest BCUT2D eigenvalue weighted by Crippen LogP contribution is -2.45. The van der Waals surface area contributed by atoms with Crippen molar-refractivity contribution in [2.24, 2.45) is 5.41 Å². The van der Waals surface area contributed by atoms with Gasteiger partial charge < -0.3 is 9.74 Å². The van der Waals surface area contributed by atoms with Crippen LogP contribution in [0.1, 0.15) is 73.5 Å². The zero-order chi connectivity index (χ0) is 25.4. The molecule has 0 bridgehead atoms. The molecule has 33 heavy (non-hydrogen) atoms. The lowest BCUT2D eigenvalue weighted by Gasteiger charge is -2.31. The summed E-state index contributed by atoms with van der Waals surface area (Å²) in [6, 6.07) is 1.07. The van der Waals surface area contributed by atoms with Crippen molar-refractivity contribution < 1.29 is 36.0 Å². The smallest absolute Gasteiger partial charge is 0.339 e. The molecule has 11 heteroatoms. The number of rotatable bonds is 6. The topological polar surface area (TPSA) is 84.0 Å². The Labute approximate surface area is 192 Å². The van der Waals surface area contributed by atoms with Crippen molar-refractivity contribution >= 4 is 27.6 Å². The molecule has 0 unspecified atom stereocenters. The minimum atomic E-state index is -6.11. The highest BCUT2D eigenvalue weighted by Crippen LogP contribution is 2.37. The Morgan fingerprint density at radius 3 is 2.06 bits per heavy atom. The highest BCUT2D eigenvalue weighted by molar-refractivity contribution is 7.93. The molecular formula is C22H31F3N2O5S. The van der Waals surface area contributed by atoms with E-state index in [1.165, 1.54) is 20.8 Å². The van der Waals surface area contributed by atoms with E-state index >= 15 is 0 Å². The number of anilines is 1. The van der Waals surface area contributed by atoms with E-state index in [4.69, 9.17) is 4.84 Å². The number of sulfonamides is 1. The van der Waals surface area contributed by atoms with Crippen LogP contribution in [0.2, 0.25) is 0 Å². The number of likely N-dealkylation sites (tertiary alicyclic amines) is 1. The van der Waals surface area contributed by atoms with Crippen LogP contribution in [-0.2, 0) is 19.7 Å². The van der Waals surface area contributed by atoms with Gasteiger partial charge in [-0.05, 0) is 83.1 Å². The lowest BCUT2D eigenvalue weighted by molar-refractivity contribution is -0.153. The predicted octanol–water partition coefficient (Wildman–Crippen LogP) is 4.79. The maximum atomic E-state index is 13.6. The van der Waals surface area contributed by atoms with Crippen LogP contribution in [0.3, 0.4) is 0 Å². The number of hydrogen-bond acceptors (Lipinski definition) is 5. The molecule has 0 spiro atoms. The summed E-state index contributed by atoms with van der Waals surface area (Å²) in [5.74, 6) is -1.54.